The topological polar surface area (TPSA) is 50.7 Å². The van der Waals surface area contributed by atoms with Crippen LogP contribution in [0, 0.1) is 0 Å². The number of aryl methyl sites for hydroxylation is 2. The van der Waals surface area contributed by atoms with Gasteiger partial charge in [0.2, 0.25) is 5.95 Å². The molecule has 0 saturated carbocycles. The molecule has 4 nitrogen and oxygen atoms in total. The molecule has 1 N–H and O–H groups in total. The van der Waals surface area contributed by atoms with Crippen LogP contribution in [-0.2, 0) is 12.8 Å². The quantitative estimate of drug-likeness (QED) is 0.590. The third-order valence-corrected chi connectivity index (χ3v) is 2.34. The summed E-state index contributed by atoms with van der Waals surface area (Å²) in [5.74, 6) is 0.638. The predicted molar refractivity (Wildman–Crippen MR) is 66.5 cm³/mol. The molecule has 0 aliphatic carbocycles. The van der Waals surface area contributed by atoms with Gasteiger partial charge in [0.15, 0.2) is 0 Å². The second-order valence-electron chi connectivity index (χ2n) is 3.52. The van der Waals surface area contributed by atoms with E-state index in [-0.39, 0.29) is 0 Å². The Morgan fingerprint density at radius 3 is 2.50 bits per heavy atom. The molecule has 0 aromatic carbocycles. The highest BCUT2D eigenvalue weighted by Gasteiger charge is 2.04. The van der Waals surface area contributed by atoms with Crippen LogP contribution < -0.4 is 5.32 Å². The van der Waals surface area contributed by atoms with Crippen LogP contribution >= 0.6 is 0 Å². The summed E-state index contributed by atoms with van der Waals surface area (Å²) in [7, 11) is 0. The van der Waals surface area contributed by atoms with Gasteiger partial charge in [0.05, 0.1) is 11.4 Å². The number of nitrogens with one attached hydrogen (secondary N) is 1. The molecule has 0 spiro atoms. The first-order valence-electron chi connectivity index (χ1n) is 5.89. The summed E-state index contributed by atoms with van der Waals surface area (Å²) in [6, 6.07) is 0. The van der Waals surface area contributed by atoms with Crippen molar-refractivity contribution in [1.82, 2.24) is 15.2 Å². The standard InChI is InChI=1S/C12H20N4/c1-4-7-8-9-13-12-14-10(5-2)11(6-3)15-16-12/h4,7H,5-6,8-9H2,1-3H3,(H,13,14,16)/b7-4+. The van der Waals surface area contributed by atoms with E-state index in [1.807, 2.05) is 13.0 Å². The Kier molecular flexibility index (Phi) is 5.46. The van der Waals surface area contributed by atoms with E-state index in [1.54, 1.807) is 0 Å². The van der Waals surface area contributed by atoms with E-state index in [4.69, 9.17) is 0 Å². The van der Waals surface area contributed by atoms with Crippen LogP contribution in [0.1, 0.15) is 38.6 Å². The zero-order chi connectivity index (χ0) is 11.8. The fourth-order valence-electron chi connectivity index (χ4n) is 1.45. The lowest BCUT2D eigenvalue weighted by atomic mass is 10.2. The monoisotopic (exact) mass is 220 g/mol. The highest BCUT2D eigenvalue weighted by atomic mass is 15.2. The van der Waals surface area contributed by atoms with Crippen LogP contribution in [0.5, 0.6) is 0 Å². The molecule has 1 heterocycles. The van der Waals surface area contributed by atoms with Crippen molar-refractivity contribution < 1.29 is 0 Å². The molecule has 0 unspecified atom stereocenters. The maximum atomic E-state index is 4.45. The van der Waals surface area contributed by atoms with Gasteiger partial charge in [-0.15, -0.1) is 5.10 Å². The molecule has 0 aliphatic rings. The molecule has 16 heavy (non-hydrogen) atoms. The summed E-state index contributed by atoms with van der Waals surface area (Å²) in [5.41, 5.74) is 2.05. The number of hydrogen-bond donors (Lipinski definition) is 1. The molecule has 0 bridgehead atoms. The largest absolute Gasteiger partial charge is 0.353 e. The lowest BCUT2D eigenvalue weighted by Gasteiger charge is -2.06. The molecule has 1 rings (SSSR count). The van der Waals surface area contributed by atoms with Gasteiger partial charge in [-0.05, 0) is 26.2 Å². The molecule has 0 atom stereocenters. The summed E-state index contributed by atoms with van der Waals surface area (Å²) < 4.78 is 0. The van der Waals surface area contributed by atoms with E-state index in [0.717, 1.165) is 37.2 Å². The SMILES string of the molecule is C/C=C/CCNc1nnc(CC)c(CC)n1. The minimum absolute atomic E-state index is 0.638. The van der Waals surface area contributed by atoms with Gasteiger partial charge in [-0.1, -0.05) is 26.0 Å². The molecule has 0 fully saturated rings. The van der Waals surface area contributed by atoms with Crippen LogP contribution in [0.25, 0.3) is 0 Å². The average Bonchev–Trinajstić information content (AvgIpc) is 2.34. The number of hydrogen-bond acceptors (Lipinski definition) is 4. The number of aromatic nitrogens is 3. The maximum absolute atomic E-state index is 4.45. The van der Waals surface area contributed by atoms with Gasteiger partial charge in [-0.3, -0.25) is 0 Å². The van der Waals surface area contributed by atoms with Crippen molar-refractivity contribution in [3.05, 3.63) is 23.5 Å². The second-order valence-corrected chi connectivity index (χ2v) is 3.52. The van der Waals surface area contributed by atoms with Crippen molar-refractivity contribution in [2.24, 2.45) is 0 Å². The van der Waals surface area contributed by atoms with Crippen LogP contribution in [0.3, 0.4) is 0 Å². The van der Waals surface area contributed by atoms with Crippen molar-refractivity contribution in [2.45, 2.75) is 40.0 Å². The first-order valence-corrected chi connectivity index (χ1v) is 5.89. The molecule has 0 radical (unpaired) electrons. The summed E-state index contributed by atoms with van der Waals surface area (Å²) in [6.07, 6.45) is 6.93. The van der Waals surface area contributed by atoms with Gasteiger partial charge >= 0.3 is 0 Å². The lowest BCUT2D eigenvalue weighted by molar-refractivity contribution is 0.818. The zero-order valence-corrected chi connectivity index (χ0v) is 10.3. The van der Waals surface area contributed by atoms with E-state index in [9.17, 15) is 0 Å². The highest BCUT2D eigenvalue weighted by Crippen LogP contribution is 2.06. The molecule has 0 aliphatic heterocycles. The average molecular weight is 220 g/mol. The number of nitrogens with zero attached hydrogens (tertiary/aromatic N) is 3. The lowest BCUT2D eigenvalue weighted by Crippen LogP contribution is -2.10. The molecule has 1 aromatic rings. The van der Waals surface area contributed by atoms with Crippen LogP contribution in [-0.4, -0.2) is 21.7 Å². The molecular formula is C12H20N4. The summed E-state index contributed by atoms with van der Waals surface area (Å²) in [4.78, 5) is 4.45. The van der Waals surface area contributed by atoms with Crippen LogP contribution in [0.15, 0.2) is 12.2 Å². The van der Waals surface area contributed by atoms with Crippen molar-refractivity contribution in [3.8, 4) is 0 Å². The van der Waals surface area contributed by atoms with Crippen molar-refractivity contribution >= 4 is 5.95 Å². The molecule has 4 heteroatoms. The number of anilines is 1. The molecule has 0 amide bonds. The molecule has 88 valence electrons. The maximum Gasteiger partial charge on any atom is 0.242 e. The first-order chi connectivity index (χ1) is 7.81. The fraction of sp³-hybridized carbons (Fsp3) is 0.583. The summed E-state index contributed by atoms with van der Waals surface area (Å²) >= 11 is 0. The van der Waals surface area contributed by atoms with E-state index in [1.165, 1.54) is 0 Å². The molecule has 0 saturated heterocycles. The van der Waals surface area contributed by atoms with Gasteiger partial charge in [-0.2, -0.15) is 5.10 Å². The van der Waals surface area contributed by atoms with Crippen molar-refractivity contribution in [1.29, 1.82) is 0 Å². The Morgan fingerprint density at radius 1 is 1.12 bits per heavy atom. The van der Waals surface area contributed by atoms with Gasteiger partial charge in [0.1, 0.15) is 0 Å². The molecular weight excluding hydrogens is 200 g/mol. The minimum atomic E-state index is 0.638. The van der Waals surface area contributed by atoms with Gasteiger partial charge < -0.3 is 5.32 Å². The Bertz CT molecular complexity index is 347. The van der Waals surface area contributed by atoms with Gasteiger partial charge in [-0.25, -0.2) is 4.98 Å². The first kappa shape index (κ1) is 12.6. The van der Waals surface area contributed by atoms with E-state index >= 15 is 0 Å². The third kappa shape index (κ3) is 3.61. The van der Waals surface area contributed by atoms with Crippen LogP contribution in [0.4, 0.5) is 5.95 Å². The Labute approximate surface area is 97.2 Å². The summed E-state index contributed by atoms with van der Waals surface area (Å²) in [5, 5.41) is 11.4. The van der Waals surface area contributed by atoms with Crippen molar-refractivity contribution in [2.75, 3.05) is 11.9 Å². The fourth-order valence-corrected chi connectivity index (χ4v) is 1.45. The van der Waals surface area contributed by atoms with E-state index in [0.29, 0.717) is 5.95 Å². The highest BCUT2D eigenvalue weighted by molar-refractivity contribution is 5.25. The van der Waals surface area contributed by atoms with E-state index in [2.05, 4.69) is 40.4 Å². The van der Waals surface area contributed by atoms with Crippen LogP contribution in [0.2, 0.25) is 0 Å². The number of rotatable bonds is 6. The smallest absolute Gasteiger partial charge is 0.242 e. The van der Waals surface area contributed by atoms with Gasteiger partial charge in [0.25, 0.3) is 0 Å². The zero-order valence-electron chi connectivity index (χ0n) is 10.3. The Morgan fingerprint density at radius 2 is 1.88 bits per heavy atom. The van der Waals surface area contributed by atoms with Crippen molar-refractivity contribution in [3.63, 3.8) is 0 Å². The normalized spacial score (nSPS) is 10.9. The second kappa shape index (κ2) is 6.93. The Balaban J connectivity index is 2.60. The summed E-state index contributed by atoms with van der Waals surface area (Å²) in [6.45, 7) is 7.03. The minimum Gasteiger partial charge on any atom is -0.353 e. The third-order valence-electron chi connectivity index (χ3n) is 2.34. The molecule has 1 aromatic heterocycles. The van der Waals surface area contributed by atoms with E-state index < -0.39 is 0 Å². The predicted octanol–water partition coefficient (Wildman–Crippen LogP) is 2.37. The van der Waals surface area contributed by atoms with Gasteiger partial charge in [0, 0.05) is 6.54 Å². The Hall–Kier alpha value is -1.45. The number of allylic oxidation sites excluding steroid dienone is 1.